The molecule has 0 aromatic heterocycles. The minimum absolute atomic E-state index is 0.0280. The summed E-state index contributed by atoms with van der Waals surface area (Å²) >= 11 is 0. The van der Waals surface area contributed by atoms with Gasteiger partial charge in [-0.3, -0.25) is 0 Å². The van der Waals surface area contributed by atoms with Crippen LogP contribution in [0.5, 0.6) is 0 Å². The Morgan fingerprint density at radius 2 is 0.264 bits per heavy atom. The molecule has 0 spiro atoms. The van der Waals surface area contributed by atoms with Crippen molar-refractivity contribution < 1.29 is 0 Å². The van der Waals surface area contributed by atoms with Gasteiger partial charge in [0, 0.05) is 68.2 Å². The summed E-state index contributed by atoms with van der Waals surface area (Å²) in [5.74, 6) is 0. The molecule has 0 bridgehead atoms. The van der Waals surface area contributed by atoms with Crippen LogP contribution >= 0.6 is 0 Å². The highest BCUT2D eigenvalue weighted by atomic mass is 15.2. The van der Waals surface area contributed by atoms with Crippen molar-refractivity contribution in [2.45, 2.75) is 63.2 Å². The second-order valence-corrected chi connectivity index (χ2v) is 40.5. The van der Waals surface area contributed by atoms with Crippen molar-refractivity contribution in [2.24, 2.45) is 0 Å². The van der Waals surface area contributed by atoms with Crippen LogP contribution in [0.4, 0.5) is 68.2 Å². The first-order valence-electron chi connectivity index (χ1n) is 51.9. The summed E-state index contributed by atoms with van der Waals surface area (Å²) in [6.07, 6.45) is 0. The number of benzene rings is 22. The Morgan fingerprint density at radius 1 is 0.128 bits per heavy atom. The van der Waals surface area contributed by atoms with Gasteiger partial charge in [0.05, 0.1) is 21.7 Å². The fourth-order valence-corrected chi connectivity index (χ4v) is 25.6. The number of nitrogens with zero attached hydrogens (tertiary/aromatic N) is 4. The zero-order chi connectivity index (χ0) is 99.6. The molecule has 0 fully saturated rings. The minimum atomic E-state index is -0.548. The molecule has 0 aliphatic carbocycles. The maximum atomic E-state index is 2.53. The van der Waals surface area contributed by atoms with Gasteiger partial charge in [0.25, 0.3) is 13.4 Å². The smallest absolute Gasteiger partial charge is 0.252 e. The van der Waals surface area contributed by atoms with E-state index in [4.69, 9.17) is 0 Å². The van der Waals surface area contributed by atoms with Gasteiger partial charge in [0.2, 0.25) is 0 Å². The Morgan fingerprint density at radius 3 is 0.405 bits per heavy atom. The van der Waals surface area contributed by atoms with Crippen LogP contribution in [0.15, 0.2) is 558 Å². The van der Waals surface area contributed by atoms with Gasteiger partial charge in [-0.1, -0.05) is 483 Å². The van der Waals surface area contributed by atoms with Gasteiger partial charge in [-0.15, -0.1) is 0 Å². The number of anilines is 12. The zero-order valence-corrected chi connectivity index (χ0v) is 84.1. The summed E-state index contributed by atoms with van der Waals surface area (Å²) < 4.78 is 0. The predicted molar refractivity (Wildman–Crippen MR) is 623 cm³/mol. The summed E-state index contributed by atoms with van der Waals surface area (Å²) in [6.45, 7) is 13.5. The summed E-state index contributed by atoms with van der Waals surface area (Å²) in [7, 11) is 0. The Bertz CT molecular complexity index is 7200. The highest BCUT2D eigenvalue weighted by Crippen LogP contribution is 2.55. The average Bonchev–Trinajstić information content (AvgIpc) is 0.694. The zero-order valence-electron chi connectivity index (χ0n) is 84.1. The molecule has 0 N–H and O–H groups in total. The van der Waals surface area contributed by atoms with E-state index in [0.29, 0.717) is 0 Å². The average molecular weight is 1890 g/mol. The maximum absolute atomic E-state index is 2.53. The van der Waals surface area contributed by atoms with E-state index in [2.05, 4.69) is 619 Å². The SMILES string of the molecule is Cc1ccc2c(c1)B1c3cc(C)ccc3N(c3ccc(C(c4ccccc4)(c4ccccc4)c4ccccc4)cc3)c3cc(C)cc(c31)N2c1ccc(C(c2ccccc2)(c2ccccc2)c2ccccc2)cc1.Cc1ccc2c(c1)B1c3cc(C)ccc3N(c3ccc(C(c4ccccc4)(c4ccccc4)c4ccccc4)cc3)c3cc(C)cc(c31)N2c1ccc(C(c2ccccc2)(c2ccccc2)c2ccccc2)cc1. The highest BCUT2D eigenvalue weighted by Gasteiger charge is 2.49. The summed E-state index contributed by atoms with van der Waals surface area (Å²) in [4.78, 5) is 10.1. The Kier molecular flexibility index (Phi) is 23.5. The van der Waals surface area contributed by atoms with E-state index >= 15 is 0 Å². The van der Waals surface area contributed by atoms with Crippen LogP contribution in [0.25, 0.3) is 0 Å². The van der Waals surface area contributed by atoms with Gasteiger partial charge in [0.1, 0.15) is 0 Å². The van der Waals surface area contributed by atoms with E-state index in [1.807, 2.05) is 0 Å². The van der Waals surface area contributed by atoms with Crippen molar-refractivity contribution in [2.75, 3.05) is 19.6 Å². The van der Waals surface area contributed by atoms with E-state index in [0.717, 1.165) is 22.7 Å². The molecule has 704 valence electrons. The molecule has 22 aromatic rings. The van der Waals surface area contributed by atoms with Crippen LogP contribution < -0.4 is 52.4 Å². The van der Waals surface area contributed by atoms with Crippen LogP contribution in [0, 0.1) is 41.5 Å². The molecule has 0 radical (unpaired) electrons. The highest BCUT2D eigenvalue weighted by molar-refractivity contribution is 7.01. The van der Waals surface area contributed by atoms with Crippen LogP contribution in [0.3, 0.4) is 0 Å². The molecule has 0 unspecified atom stereocenters. The standard InChI is InChI=1S/2C71H55BN2/c2*1-50-34-44-65-63(46-50)72-64-47-51(2)35-45-66(64)74(62-42-38-60(39-43-62)71(56-28-16-7-17-29-56,57-30-18-8-19-31-57)58-32-20-9-21-33-58)68-49-52(3)48-67(69(68)72)73(65)61-40-36-59(37-41-61)70(53-22-10-4-11-23-53,54-24-12-5-13-25-54)55-26-14-6-15-27-55/h2*4-49H,1-3H3. The first kappa shape index (κ1) is 91.4. The van der Waals surface area contributed by atoms with Crippen molar-refractivity contribution in [1.29, 1.82) is 0 Å². The lowest BCUT2D eigenvalue weighted by Crippen LogP contribution is -2.61. The molecular weight excluding hydrogens is 1780 g/mol. The van der Waals surface area contributed by atoms with Gasteiger partial charge >= 0.3 is 0 Å². The van der Waals surface area contributed by atoms with Crippen molar-refractivity contribution in [3.63, 3.8) is 0 Å². The van der Waals surface area contributed by atoms with E-state index in [1.54, 1.807) is 0 Å². The third-order valence-electron chi connectivity index (χ3n) is 31.8. The van der Waals surface area contributed by atoms with E-state index in [9.17, 15) is 0 Å². The molecule has 4 aliphatic heterocycles. The number of rotatable bonds is 20. The van der Waals surface area contributed by atoms with Gasteiger partial charge in [-0.25, -0.2) is 0 Å². The van der Waals surface area contributed by atoms with E-state index < -0.39 is 21.7 Å². The van der Waals surface area contributed by atoms with Crippen molar-refractivity contribution in [3.8, 4) is 0 Å². The monoisotopic (exact) mass is 1890 g/mol. The lowest BCUT2D eigenvalue weighted by atomic mass is 9.33. The molecule has 4 nitrogen and oxygen atoms in total. The molecular formula is C142H110B2N4. The normalized spacial score (nSPS) is 12.7. The summed E-state index contributed by atoms with van der Waals surface area (Å²) in [6, 6.07) is 208. The quantitative estimate of drug-likeness (QED) is 0.0557. The lowest BCUT2D eigenvalue weighted by Gasteiger charge is -2.45. The minimum Gasteiger partial charge on any atom is -0.311 e. The second-order valence-electron chi connectivity index (χ2n) is 40.5. The largest absolute Gasteiger partial charge is 0.311 e. The topological polar surface area (TPSA) is 13.0 Å². The molecule has 148 heavy (non-hydrogen) atoms. The molecule has 0 saturated heterocycles. The maximum Gasteiger partial charge on any atom is 0.252 e. The Hall–Kier alpha value is -17.8. The molecule has 0 saturated carbocycles. The molecule has 0 atom stereocenters. The van der Waals surface area contributed by atoms with Crippen molar-refractivity contribution >= 4 is 114 Å². The fraction of sp³-hybridized carbons (Fsp3) is 0.0704. The van der Waals surface area contributed by atoms with Gasteiger partial charge in [0.15, 0.2) is 0 Å². The predicted octanol–water partition coefficient (Wildman–Crippen LogP) is 30.9. The summed E-state index contributed by atoms with van der Waals surface area (Å²) in [5.41, 5.74) is 46.9. The first-order valence-corrected chi connectivity index (χ1v) is 51.9. The molecule has 4 heterocycles. The molecule has 22 aromatic carbocycles. The van der Waals surface area contributed by atoms with Gasteiger partial charge in [-0.2, -0.15) is 0 Å². The molecule has 4 aliphatic rings. The van der Waals surface area contributed by atoms with Crippen LogP contribution in [0.2, 0.25) is 0 Å². The van der Waals surface area contributed by atoms with Gasteiger partial charge < -0.3 is 19.6 Å². The molecule has 6 heteroatoms. The first-order chi connectivity index (χ1) is 72.9. The van der Waals surface area contributed by atoms with E-state index in [-0.39, 0.29) is 13.4 Å². The molecule has 26 rings (SSSR count). The van der Waals surface area contributed by atoms with E-state index in [1.165, 1.54) is 201 Å². The van der Waals surface area contributed by atoms with Crippen molar-refractivity contribution in [1.82, 2.24) is 0 Å². The molecule has 0 amide bonds. The Balaban J connectivity index is 0.000000154. The number of hydrogen-bond donors (Lipinski definition) is 0. The lowest BCUT2D eigenvalue weighted by molar-refractivity contribution is 0.745. The third-order valence-corrected chi connectivity index (χ3v) is 31.8. The van der Waals surface area contributed by atoms with Crippen LogP contribution in [0.1, 0.15) is 122 Å². The Labute approximate surface area is 871 Å². The van der Waals surface area contributed by atoms with Crippen molar-refractivity contribution in [3.05, 3.63) is 681 Å². The second kappa shape index (κ2) is 38.0. The third kappa shape index (κ3) is 15.1. The number of fused-ring (bicyclic) bond motifs is 8. The fourth-order valence-electron chi connectivity index (χ4n) is 25.6. The number of aryl methyl sites for hydroxylation is 6. The van der Waals surface area contributed by atoms with Crippen LogP contribution in [-0.4, -0.2) is 13.4 Å². The van der Waals surface area contributed by atoms with Crippen LogP contribution in [-0.2, 0) is 21.7 Å². The van der Waals surface area contributed by atoms with Gasteiger partial charge in [-0.05, 0) is 272 Å². The summed E-state index contributed by atoms with van der Waals surface area (Å²) in [5, 5.41) is 0. The number of hydrogen-bond acceptors (Lipinski definition) is 4.